The summed E-state index contributed by atoms with van der Waals surface area (Å²) in [6.07, 6.45) is -2.56. The molecule has 1 aromatic heterocycles. The van der Waals surface area contributed by atoms with Crippen molar-refractivity contribution in [3.8, 4) is 0 Å². The zero-order valence-corrected chi connectivity index (χ0v) is 9.46. The third-order valence-corrected chi connectivity index (χ3v) is 2.30. The predicted molar refractivity (Wildman–Crippen MR) is 54.8 cm³/mol. The molecule has 1 unspecified atom stereocenters. The van der Waals surface area contributed by atoms with Crippen LogP contribution in [0.15, 0.2) is 6.07 Å². The molecule has 15 heavy (non-hydrogen) atoms. The third-order valence-electron chi connectivity index (χ3n) is 2.30. The van der Waals surface area contributed by atoms with Crippen LogP contribution >= 0.6 is 0 Å². The Morgan fingerprint density at radius 3 is 2.27 bits per heavy atom. The minimum absolute atomic E-state index is 0.155. The smallest absolute Gasteiger partial charge is 0.259 e. The van der Waals surface area contributed by atoms with Crippen LogP contribution in [0.2, 0.25) is 0 Å². The van der Waals surface area contributed by atoms with Crippen molar-refractivity contribution in [3.63, 3.8) is 0 Å². The van der Waals surface area contributed by atoms with Gasteiger partial charge in [0.05, 0.1) is 11.4 Å². The van der Waals surface area contributed by atoms with Crippen molar-refractivity contribution < 1.29 is 8.78 Å². The van der Waals surface area contributed by atoms with Gasteiger partial charge in [0.2, 0.25) is 0 Å². The summed E-state index contributed by atoms with van der Waals surface area (Å²) in [6.45, 7) is 5.94. The van der Waals surface area contributed by atoms with Gasteiger partial charge in [0.1, 0.15) is 6.04 Å². The summed E-state index contributed by atoms with van der Waals surface area (Å²) in [4.78, 5) is 0. The SMILES string of the molecule is Cn1nc(C(C)(C)C)cc1C(N)C(F)F. The van der Waals surface area contributed by atoms with E-state index in [1.165, 1.54) is 4.68 Å². The third kappa shape index (κ3) is 2.53. The van der Waals surface area contributed by atoms with Gasteiger partial charge in [-0.15, -0.1) is 0 Å². The summed E-state index contributed by atoms with van der Waals surface area (Å²) in [6, 6.07) is 0.384. The topological polar surface area (TPSA) is 43.8 Å². The molecule has 86 valence electrons. The van der Waals surface area contributed by atoms with Gasteiger partial charge in [0, 0.05) is 12.5 Å². The highest BCUT2D eigenvalue weighted by Gasteiger charge is 2.25. The van der Waals surface area contributed by atoms with Crippen LogP contribution in [0.4, 0.5) is 8.78 Å². The van der Waals surface area contributed by atoms with Gasteiger partial charge in [-0.1, -0.05) is 20.8 Å². The molecule has 1 heterocycles. The molecule has 1 aromatic rings. The minimum atomic E-state index is -2.56. The molecule has 0 bridgehead atoms. The fourth-order valence-corrected chi connectivity index (χ4v) is 1.29. The monoisotopic (exact) mass is 217 g/mol. The molecule has 0 spiro atoms. The van der Waals surface area contributed by atoms with Crippen LogP contribution in [0.1, 0.15) is 38.2 Å². The fourth-order valence-electron chi connectivity index (χ4n) is 1.29. The summed E-state index contributed by atoms with van der Waals surface area (Å²) in [5.41, 5.74) is 6.37. The normalized spacial score (nSPS) is 14.7. The van der Waals surface area contributed by atoms with Crippen LogP contribution in [0.3, 0.4) is 0 Å². The van der Waals surface area contributed by atoms with Gasteiger partial charge in [0.25, 0.3) is 6.43 Å². The molecule has 0 aliphatic heterocycles. The van der Waals surface area contributed by atoms with Gasteiger partial charge in [-0.05, 0) is 6.07 Å². The highest BCUT2D eigenvalue weighted by atomic mass is 19.3. The molecule has 0 radical (unpaired) electrons. The Balaban J connectivity index is 3.07. The second kappa shape index (κ2) is 3.89. The van der Waals surface area contributed by atoms with E-state index in [0.717, 1.165) is 5.69 Å². The van der Waals surface area contributed by atoms with Gasteiger partial charge < -0.3 is 5.73 Å². The van der Waals surface area contributed by atoms with E-state index >= 15 is 0 Å². The van der Waals surface area contributed by atoms with E-state index in [-0.39, 0.29) is 5.41 Å². The second-order valence-electron chi connectivity index (χ2n) is 4.69. The van der Waals surface area contributed by atoms with Gasteiger partial charge >= 0.3 is 0 Å². The molecular weight excluding hydrogens is 200 g/mol. The second-order valence-corrected chi connectivity index (χ2v) is 4.69. The molecular formula is C10H17F2N3. The van der Waals surface area contributed by atoms with Crippen molar-refractivity contribution in [2.24, 2.45) is 12.8 Å². The standard InChI is InChI=1S/C10H17F2N3/c1-10(2,3)7-5-6(15(4)14-7)8(13)9(11)12/h5,8-9H,13H2,1-4H3. The number of hydrogen-bond donors (Lipinski definition) is 1. The summed E-state index contributed by atoms with van der Waals surface area (Å²) in [5, 5.41) is 4.19. The number of nitrogens with two attached hydrogens (primary N) is 1. The number of rotatable bonds is 2. The summed E-state index contributed by atoms with van der Waals surface area (Å²) in [5.74, 6) is 0. The minimum Gasteiger partial charge on any atom is -0.318 e. The average Bonchev–Trinajstić information content (AvgIpc) is 2.45. The molecule has 0 aliphatic carbocycles. The molecule has 1 rings (SSSR count). The van der Waals surface area contributed by atoms with Crippen molar-refractivity contribution in [2.75, 3.05) is 0 Å². The van der Waals surface area contributed by atoms with Crippen LogP contribution in [0, 0.1) is 0 Å². The molecule has 2 N–H and O–H groups in total. The molecule has 1 atom stereocenters. The van der Waals surface area contributed by atoms with Gasteiger partial charge in [-0.25, -0.2) is 8.78 Å². The summed E-state index contributed by atoms with van der Waals surface area (Å²) >= 11 is 0. The van der Waals surface area contributed by atoms with Crippen LogP contribution in [0.5, 0.6) is 0 Å². The number of alkyl halides is 2. The van der Waals surface area contributed by atoms with Crippen LogP contribution in [-0.2, 0) is 12.5 Å². The van der Waals surface area contributed by atoms with Crippen molar-refractivity contribution in [3.05, 3.63) is 17.5 Å². The Morgan fingerprint density at radius 1 is 1.40 bits per heavy atom. The van der Waals surface area contributed by atoms with Crippen LogP contribution < -0.4 is 5.73 Å². The van der Waals surface area contributed by atoms with E-state index in [9.17, 15) is 8.78 Å². The predicted octanol–water partition coefficient (Wildman–Crippen LogP) is 1.98. The zero-order valence-electron chi connectivity index (χ0n) is 9.46. The lowest BCUT2D eigenvalue weighted by Gasteiger charge is -2.13. The van der Waals surface area contributed by atoms with E-state index in [1.807, 2.05) is 20.8 Å². The van der Waals surface area contributed by atoms with E-state index in [4.69, 9.17) is 5.73 Å². The first-order chi connectivity index (χ1) is 6.73. The van der Waals surface area contributed by atoms with Crippen molar-refractivity contribution >= 4 is 0 Å². The summed E-state index contributed by atoms with van der Waals surface area (Å²) in [7, 11) is 1.63. The van der Waals surface area contributed by atoms with Gasteiger partial charge in [-0.2, -0.15) is 5.10 Å². The molecule has 0 aromatic carbocycles. The Labute approximate surface area is 88.3 Å². The van der Waals surface area contributed by atoms with E-state index < -0.39 is 12.5 Å². The maximum Gasteiger partial charge on any atom is 0.259 e. The quantitative estimate of drug-likeness (QED) is 0.823. The van der Waals surface area contributed by atoms with Gasteiger partial charge in [-0.3, -0.25) is 4.68 Å². The largest absolute Gasteiger partial charge is 0.318 e. The van der Waals surface area contributed by atoms with Crippen LogP contribution in [0.25, 0.3) is 0 Å². The number of aryl methyl sites for hydroxylation is 1. The van der Waals surface area contributed by atoms with Gasteiger partial charge in [0.15, 0.2) is 0 Å². The van der Waals surface area contributed by atoms with E-state index in [2.05, 4.69) is 5.10 Å². The first kappa shape index (κ1) is 12.1. The number of halogens is 2. The number of aromatic nitrogens is 2. The molecule has 3 nitrogen and oxygen atoms in total. The molecule has 0 saturated carbocycles. The molecule has 0 saturated heterocycles. The highest BCUT2D eigenvalue weighted by molar-refractivity contribution is 5.20. The zero-order chi connectivity index (χ0) is 11.8. The van der Waals surface area contributed by atoms with E-state index in [1.54, 1.807) is 13.1 Å². The Bertz CT molecular complexity index is 339. The maximum atomic E-state index is 12.4. The Hall–Kier alpha value is -0.970. The first-order valence-electron chi connectivity index (χ1n) is 4.81. The first-order valence-corrected chi connectivity index (χ1v) is 4.81. The molecule has 0 aliphatic rings. The summed E-state index contributed by atoms with van der Waals surface area (Å²) < 4.78 is 26.3. The molecule has 5 heteroatoms. The lowest BCUT2D eigenvalue weighted by molar-refractivity contribution is 0.113. The number of hydrogen-bond acceptors (Lipinski definition) is 2. The lowest BCUT2D eigenvalue weighted by atomic mass is 9.92. The fraction of sp³-hybridized carbons (Fsp3) is 0.700. The maximum absolute atomic E-state index is 12.4. The molecule has 0 amide bonds. The lowest BCUT2D eigenvalue weighted by Crippen LogP contribution is -2.21. The average molecular weight is 217 g/mol. The van der Waals surface area contributed by atoms with Crippen molar-refractivity contribution in [1.29, 1.82) is 0 Å². The number of nitrogens with zero attached hydrogens (tertiary/aromatic N) is 2. The molecule has 0 fully saturated rings. The van der Waals surface area contributed by atoms with Crippen LogP contribution in [-0.4, -0.2) is 16.2 Å². The van der Waals surface area contributed by atoms with Crippen molar-refractivity contribution in [1.82, 2.24) is 9.78 Å². The Kier molecular flexibility index (Phi) is 3.13. The Morgan fingerprint density at radius 2 is 1.93 bits per heavy atom. The highest BCUT2D eigenvalue weighted by Crippen LogP contribution is 2.25. The van der Waals surface area contributed by atoms with Crippen molar-refractivity contribution in [2.45, 2.75) is 38.7 Å². The van der Waals surface area contributed by atoms with E-state index in [0.29, 0.717) is 5.69 Å².